The van der Waals surface area contributed by atoms with Gasteiger partial charge in [0, 0.05) is 31.1 Å². The average molecular weight is 467 g/mol. The molecular formula is C24H26N4O4S. The molecule has 1 aromatic heterocycles. The van der Waals surface area contributed by atoms with E-state index in [1.807, 2.05) is 48.2 Å². The van der Waals surface area contributed by atoms with Crippen molar-refractivity contribution in [1.82, 2.24) is 10.3 Å². The standard InChI is InChI=1S/C24H26N4O4S/c1-16-6-7-19-18(10-16)20(28-23(29)25-13-24(28)14-32-15-24)11-22(26-19)27-8-9-33(30,31)21-5-3-2-4-17(21)12-27/h2-7,10-11,30-31H,8-9,12-15H2,1H3,(H,25,29). The van der Waals surface area contributed by atoms with Gasteiger partial charge in [0.2, 0.25) is 0 Å². The highest BCUT2D eigenvalue weighted by Gasteiger charge is 2.52. The molecule has 2 fully saturated rings. The number of nitrogens with zero attached hydrogens (tertiary/aromatic N) is 3. The van der Waals surface area contributed by atoms with Crippen molar-refractivity contribution >= 4 is 39.0 Å². The molecule has 0 radical (unpaired) electrons. The molecule has 3 aromatic rings. The number of hydrogen-bond acceptors (Lipinski definition) is 6. The molecule has 2 amide bonds. The van der Waals surface area contributed by atoms with Crippen LogP contribution < -0.4 is 15.1 Å². The molecule has 172 valence electrons. The van der Waals surface area contributed by atoms with Gasteiger partial charge in [0.05, 0.1) is 35.1 Å². The van der Waals surface area contributed by atoms with Crippen LogP contribution in [-0.2, 0) is 11.3 Å². The van der Waals surface area contributed by atoms with Crippen LogP contribution in [0.2, 0.25) is 0 Å². The molecule has 2 aromatic carbocycles. The third kappa shape index (κ3) is 3.26. The van der Waals surface area contributed by atoms with Crippen molar-refractivity contribution in [2.24, 2.45) is 0 Å². The third-order valence-electron chi connectivity index (χ3n) is 6.81. The van der Waals surface area contributed by atoms with Crippen molar-refractivity contribution in [1.29, 1.82) is 0 Å². The lowest BCUT2D eigenvalue weighted by atomic mass is 9.95. The minimum absolute atomic E-state index is 0.131. The second-order valence-electron chi connectivity index (χ2n) is 9.13. The van der Waals surface area contributed by atoms with Gasteiger partial charge in [-0.25, -0.2) is 9.78 Å². The molecule has 0 aliphatic carbocycles. The number of rotatable bonds is 2. The summed E-state index contributed by atoms with van der Waals surface area (Å²) in [5.41, 5.74) is 3.20. The first kappa shape index (κ1) is 20.7. The molecule has 0 saturated carbocycles. The minimum Gasteiger partial charge on any atom is -0.376 e. The van der Waals surface area contributed by atoms with Crippen molar-refractivity contribution < 1.29 is 18.6 Å². The zero-order valence-corrected chi connectivity index (χ0v) is 19.1. The maximum Gasteiger partial charge on any atom is 0.322 e. The molecule has 8 nitrogen and oxygen atoms in total. The molecular weight excluding hydrogens is 440 g/mol. The molecule has 9 heteroatoms. The topological polar surface area (TPSA) is 98.2 Å². The first-order valence-electron chi connectivity index (χ1n) is 11.0. The SMILES string of the molecule is Cc1ccc2nc(N3CCS(O)(O)c4ccccc4C3)cc(N3C(=O)NCC34COC4)c2c1. The number of aryl methyl sites for hydroxylation is 1. The van der Waals surface area contributed by atoms with Crippen molar-refractivity contribution in [3.05, 3.63) is 59.7 Å². The molecule has 0 atom stereocenters. The van der Waals surface area contributed by atoms with Crippen LogP contribution in [0.25, 0.3) is 10.9 Å². The summed E-state index contributed by atoms with van der Waals surface area (Å²) in [7, 11) is -2.88. The Labute approximate surface area is 193 Å². The van der Waals surface area contributed by atoms with E-state index in [-0.39, 0.29) is 17.3 Å². The molecule has 6 rings (SSSR count). The fraction of sp³-hybridized carbons (Fsp3) is 0.333. The van der Waals surface area contributed by atoms with Crippen LogP contribution >= 0.6 is 10.6 Å². The zero-order chi connectivity index (χ0) is 22.8. The Morgan fingerprint density at radius 3 is 2.76 bits per heavy atom. The van der Waals surface area contributed by atoms with E-state index in [1.54, 1.807) is 6.07 Å². The van der Waals surface area contributed by atoms with Crippen molar-refractivity contribution in [3.8, 4) is 0 Å². The number of benzene rings is 2. The molecule has 3 aliphatic rings. The second kappa shape index (κ2) is 7.33. The monoisotopic (exact) mass is 466 g/mol. The Bertz CT molecular complexity index is 1280. The highest BCUT2D eigenvalue weighted by molar-refractivity contribution is 8.24. The normalized spacial score (nSPS) is 22.0. The Morgan fingerprint density at radius 2 is 1.97 bits per heavy atom. The average Bonchev–Trinajstić information content (AvgIpc) is 3.06. The van der Waals surface area contributed by atoms with Crippen molar-refractivity contribution in [2.75, 3.05) is 41.9 Å². The van der Waals surface area contributed by atoms with Gasteiger partial charge in [-0.05, 0) is 30.7 Å². The number of ether oxygens (including phenoxy) is 1. The summed E-state index contributed by atoms with van der Waals surface area (Å²) in [5.74, 6) is 0.943. The molecule has 33 heavy (non-hydrogen) atoms. The van der Waals surface area contributed by atoms with Crippen LogP contribution in [0.1, 0.15) is 11.1 Å². The van der Waals surface area contributed by atoms with Gasteiger partial charge >= 0.3 is 6.03 Å². The maximum atomic E-state index is 13.0. The van der Waals surface area contributed by atoms with Crippen LogP contribution in [0, 0.1) is 6.92 Å². The molecule has 2 saturated heterocycles. The van der Waals surface area contributed by atoms with Gasteiger partial charge in [0.25, 0.3) is 0 Å². The van der Waals surface area contributed by atoms with Gasteiger partial charge in [-0.2, -0.15) is 10.6 Å². The number of anilines is 2. The molecule has 0 unspecified atom stereocenters. The van der Waals surface area contributed by atoms with Crippen LogP contribution in [0.4, 0.5) is 16.3 Å². The summed E-state index contributed by atoms with van der Waals surface area (Å²) in [4.78, 5) is 22.4. The Kier molecular flexibility index (Phi) is 4.60. The predicted octanol–water partition coefficient (Wildman–Crippen LogP) is 3.97. The van der Waals surface area contributed by atoms with Gasteiger partial charge in [0.15, 0.2) is 0 Å². The molecule has 0 bridgehead atoms. The van der Waals surface area contributed by atoms with Gasteiger partial charge in [-0.1, -0.05) is 29.8 Å². The fourth-order valence-corrected chi connectivity index (χ4v) is 6.53. The van der Waals surface area contributed by atoms with E-state index in [9.17, 15) is 13.9 Å². The Balaban J connectivity index is 1.50. The first-order valence-corrected chi connectivity index (χ1v) is 12.7. The molecule has 1 spiro atoms. The van der Waals surface area contributed by atoms with Crippen molar-refractivity contribution in [3.63, 3.8) is 0 Å². The van der Waals surface area contributed by atoms with Gasteiger partial charge in [-0.15, -0.1) is 0 Å². The van der Waals surface area contributed by atoms with E-state index in [4.69, 9.17) is 9.72 Å². The number of pyridine rings is 1. The van der Waals surface area contributed by atoms with E-state index in [1.165, 1.54) is 0 Å². The summed E-state index contributed by atoms with van der Waals surface area (Å²) in [6, 6.07) is 15.4. The first-order chi connectivity index (χ1) is 15.9. The number of urea groups is 1. The summed E-state index contributed by atoms with van der Waals surface area (Å²) in [6.07, 6.45) is 0. The van der Waals surface area contributed by atoms with Crippen LogP contribution in [0.15, 0.2) is 53.4 Å². The van der Waals surface area contributed by atoms with E-state index >= 15 is 0 Å². The molecule has 3 aliphatic heterocycles. The van der Waals surface area contributed by atoms with Crippen LogP contribution in [-0.4, -0.2) is 57.7 Å². The number of aromatic nitrogens is 1. The molecule has 4 heterocycles. The number of amides is 2. The molecule has 3 N–H and O–H groups in total. The summed E-state index contributed by atoms with van der Waals surface area (Å²) >= 11 is 0. The number of carbonyl (C=O) groups excluding carboxylic acids is 1. The highest BCUT2D eigenvalue weighted by atomic mass is 32.3. The lowest BCUT2D eigenvalue weighted by molar-refractivity contribution is -0.0429. The summed E-state index contributed by atoms with van der Waals surface area (Å²) in [5, 5.41) is 3.90. The minimum atomic E-state index is -2.88. The quantitative estimate of drug-likeness (QED) is 0.529. The van der Waals surface area contributed by atoms with Gasteiger partial charge in [0.1, 0.15) is 11.4 Å². The number of carbonyl (C=O) groups is 1. The number of hydrogen-bond donors (Lipinski definition) is 3. The van der Waals surface area contributed by atoms with Gasteiger partial charge in [-0.3, -0.25) is 14.0 Å². The Morgan fingerprint density at radius 1 is 1.15 bits per heavy atom. The van der Waals surface area contributed by atoms with E-state index < -0.39 is 10.6 Å². The largest absolute Gasteiger partial charge is 0.376 e. The number of nitrogens with one attached hydrogen (secondary N) is 1. The van der Waals surface area contributed by atoms with E-state index in [2.05, 4.69) is 16.3 Å². The van der Waals surface area contributed by atoms with Crippen LogP contribution in [0.5, 0.6) is 0 Å². The third-order valence-corrected chi connectivity index (χ3v) is 8.67. The zero-order valence-electron chi connectivity index (χ0n) is 18.3. The fourth-order valence-electron chi connectivity index (χ4n) is 4.98. The van der Waals surface area contributed by atoms with Crippen molar-refractivity contribution in [2.45, 2.75) is 23.9 Å². The van der Waals surface area contributed by atoms with Crippen LogP contribution in [0.3, 0.4) is 0 Å². The number of fused-ring (bicyclic) bond motifs is 2. The second-order valence-corrected chi connectivity index (χ2v) is 11.3. The maximum absolute atomic E-state index is 13.0. The highest BCUT2D eigenvalue weighted by Crippen LogP contribution is 2.51. The summed E-state index contributed by atoms with van der Waals surface area (Å²) < 4.78 is 27.0. The predicted molar refractivity (Wildman–Crippen MR) is 129 cm³/mol. The van der Waals surface area contributed by atoms with Gasteiger partial charge < -0.3 is 15.0 Å². The Hall–Kier alpha value is -2.85. The summed E-state index contributed by atoms with van der Waals surface area (Å²) in [6.45, 7) is 4.52. The lowest BCUT2D eigenvalue weighted by Gasteiger charge is -2.44. The van der Waals surface area contributed by atoms with E-state index in [0.29, 0.717) is 43.6 Å². The van der Waals surface area contributed by atoms with E-state index in [0.717, 1.165) is 27.7 Å². The smallest absolute Gasteiger partial charge is 0.322 e. The lowest BCUT2D eigenvalue weighted by Crippen LogP contribution is -2.61.